The van der Waals surface area contributed by atoms with E-state index >= 15 is 0 Å². The molecule has 0 aliphatic rings. The third-order valence-corrected chi connectivity index (χ3v) is 5.09. The number of aromatic amines is 1. The number of rotatable bonds is 11. The van der Waals surface area contributed by atoms with Crippen LogP contribution in [0.2, 0.25) is 0 Å². The number of pyridine rings is 1. The van der Waals surface area contributed by atoms with Crippen LogP contribution in [0.4, 0.5) is 0 Å². The van der Waals surface area contributed by atoms with Crippen LogP contribution in [0.5, 0.6) is 5.75 Å². The molecule has 10 heteroatoms. The molecule has 2 N–H and O–H groups in total. The lowest BCUT2D eigenvalue weighted by molar-refractivity contribution is 0.206. The first-order chi connectivity index (χ1) is 15.7. The molecule has 3 heterocycles. The van der Waals surface area contributed by atoms with Crippen molar-refractivity contribution >= 4 is 10.9 Å². The average molecular weight is 438 g/mol. The van der Waals surface area contributed by atoms with Crippen molar-refractivity contribution in [3.8, 4) is 5.75 Å². The van der Waals surface area contributed by atoms with Crippen LogP contribution in [0.25, 0.3) is 10.9 Å². The number of tetrazole rings is 1. The lowest BCUT2D eigenvalue weighted by Crippen LogP contribution is -2.29. The number of benzene rings is 1. The number of aromatic nitrogens is 5. The van der Waals surface area contributed by atoms with Crippen LogP contribution in [0, 0.1) is 0 Å². The van der Waals surface area contributed by atoms with Crippen LogP contribution in [-0.4, -0.2) is 55.0 Å². The van der Waals surface area contributed by atoms with Gasteiger partial charge in [0.25, 0.3) is 5.56 Å². The zero-order valence-electron chi connectivity index (χ0n) is 17.9. The number of ether oxygens (including phenoxy) is 1. The van der Waals surface area contributed by atoms with E-state index < -0.39 is 0 Å². The summed E-state index contributed by atoms with van der Waals surface area (Å²) >= 11 is 0. The first-order valence-corrected chi connectivity index (χ1v) is 10.6. The SMILES string of the molecule is CCOc1ccc2[nH]c(=O)c(CN(CCCO)Cc3nnnn3Cc3ccco3)cc2c1. The number of H-pyrrole nitrogens is 1. The molecule has 4 aromatic rings. The maximum atomic E-state index is 12.7. The van der Waals surface area contributed by atoms with E-state index in [0.717, 1.165) is 22.4 Å². The molecular formula is C22H26N6O4. The highest BCUT2D eigenvalue weighted by Crippen LogP contribution is 2.20. The van der Waals surface area contributed by atoms with Gasteiger partial charge in [-0.05, 0) is 60.2 Å². The highest BCUT2D eigenvalue weighted by molar-refractivity contribution is 5.80. The predicted octanol–water partition coefficient (Wildman–Crippen LogP) is 1.94. The fourth-order valence-corrected chi connectivity index (χ4v) is 3.56. The fraction of sp³-hybridized carbons (Fsp3) is 0.364. The molecule has 0 fully saturated rings. The molecule has 0 aliphatic heterocycles. The van der Waals surface area contributed by atoms with Gasteiger partial charge in [-0.3, -0.25) is 9.69 Å². The van der Waals surface area contributed by atoms with Crippen molar-refractivity contribution in [1.82, 2.24) is 30.1 Å². The molecule has 0 unspecified atom stereocenters. The summed E-state index contributed by atoms with van der Waals surface area (Å²) in [7, 11) is 0. The van der Waals surface area contributed by atoms with Crippen LogP contribution >= 0.6 is 0 Å². The summed E-state index contributed by atoms with van der Waals surface area (Å²) in [6.07, 6.45) is 2.18. The lowest BCUT2D eigenvalue weighted by Gasteiger charge is -2.21. The van der Waals surface area contributed by atoms with E-state index in [1.165, 1.54) is 0 Å². The van der Waals surface area contributed by atoms with Gasteiger partial charge in [0, 0.05) is 36.2 Å². The second-order valence-electron chi connectivity index (χ2n) is 7.43. The van der Waals surface area contributed by atoms with Gasteiger partial charge in [-0.15, -0.1) is 5.10 Å². The van der Waals surface area contributed by atoms with Crippen molar-refractivity contribution in [1.29, 1.82) is 0 Å². The number of hydrogen-bond acceptors (Lipinski definition) is 8. The first-order valence-electron chi connectivity index (χ1n) is 10.6. The molecule has 32 heavy (non-hydrogen) atoms. The molecule has 0 atom stereocenters. The number of hydrogen-bond donors (Lipinski definition) is 2. The van der Waals surface area contributed by atoms with Crippen LogP contribution in [0.1, 0.15) is 30.5 Å². The van der Waals surface area contributed by atoms with Crippen molar-refractivity contribution < 1.29 is 14.3 Å². The summed E-state index contributed by atoms with van der Waals surface area (Å²) in [5.74, 6) is 2.15. The molecule has 10 nitrogen and oxygen atoms in total. The second-order valence-corrected chi connectivity index (χ2v) is 7.43. The Bertz CT molecular complexity index is 1200. The Labute approximate surface area is 184 Å². The van der Waals surface area contributed by atoms with Gasteiger partial charge in [-0.1, -0.05) is 0 Å². The minimum absolute atomic E-state index is 0.0552. The minimum atomic E-state index is -0.147. The quantitative estimate of drug-likeness (QED) is 0.364. The maximum absolute atomic E-state index is 12.7. The third-order valence-electron chi connectivity index (χ3n) is 5.09. The Morgan fingerprint density at radius 2 is 2.16 bits per heavy atom. The highest BCUT2D eigenvalue weighted by atomic mass is 16.5. The van der Waals surface area contributed by atoms with E-state index in [1.54, 1.807) is 10.9 Å². The largest absolute Gasteiger partial charge is 0.494 e. The second kappa shape index (κ2) is 10.2. The number of nitrogens with zero attached hydrogens (tertiary/aromatic N) is 5. The molecule has 3 aromatic heterocycles. The number of nitrogens with one attached hydrogen (secondary N) is 1. The van der Waals surface area contributed by atoms with E-state index in [-0.39, 0.29) is 12.2 Å². The average Bonchev–Trinajstić information content (AvgIpc) is 3.45. The van der Waals surface area contributed by atoms with Crippen molar-refractivity contribution in [2.45, 2.75) is 33.0 Å². The fourth-order valence-electron chi connectivity index (χ4n) is 3.56. The van der Waals surface area contributed by atoms with Gasteiger partial charge < -0.3 is 19.2 Å². The standard InChI is InChI=1S/C22H26N6O4/c1-2-31-18-6-7-20-16(12-18)11-17(22(30)23-20)13-27(8-4-9-29)15-21-24-25-26-28(21)14-19-5-3-10-32-19/h3,5-7,10-12,29H,2,4,8-9,13-15H2,1H3,(H,23,30). The molecule has 0 saturated heterocycles. The Morgan fingerprint density at radius 1 is 1.25 bits per heavy atom. The Kier molecular flexibility index (Phi) is 6.93. The van der Waals surface area contributed by atoms with Gasteiger partial charge in [0.15, 0.2) is 5.82 Å². The van der Waals surface area contributed by atoms with Crippen LogP contribution in [0.3, 0.4) is 0 Å². The van der Waals surface area contributed by atoms with E-state index in [4.69, 9.17) is 9.15 Å². The summed E-state index contributed by atoms with van der Waals surface area (Å²) in [6, 6.07) is 11.2. The molecule has 168 valence electrons. The van der Waals surface area contributed by atoms with Crippen LogP contribution < -0.4 is 10.3 Å². The summed E-state index contributed by atoms with van der Waals surface area (Å²) in [4.78, 5) is 17.7. The van der Waals surface area contributed by atoms with Gasteiger partial charge >= 0.3 is 0 Å². The monoisotopic (exact) mass is 438 g/mol. The van der Waals surface area contributed by atoms with Crippen LogP contribution in [-0.2, 0) is 19.6 Å². The first kappa shape index (κ1) is 21.7. The number of furan rings is 1. The van der Waals surface area contributed by atoms with Crippen molar-refractivity contribution in [3.63, 3.8) is 0 Å². The van der Waals surface area contributed by atoms with Crippen molar-refractivity contribution in [3.05, 3.63) is 70.2 Å². The molecular weight excluding hydrogens is 412 g/mol. The van der Waals surface area contributed by atoms with E-state index in [2.05, 4.69) is 20.5 Å². The number of aliphatic hydroxyl groups is 1. The van der Waals surface area contributed by atoms with E-state index in [9.17, 15) is 9.90 Å². The maximum Gasteiger partial charge on any atom is 0.252 e. The molecule has 1 aromatic carbocycles. The third kappa shape index (κ3) is 5.21. The molecule has 4 rings (SSSR count). The molecule has 0 saturated carbocycles. The van der Waals surface area contributed by atoms with Gasteiger partial charge in [0.1, 0.15) is 18.1 Å². The zero-order chi connectivity index (χ0) is 22.3. The normalized spacial score (nSPS) is 11.5. The summed E-state index contributed by atoms with van der Waals surface area (Å²) in [5, 5.41) is 22.2. The van der Waals surface area contributed by atoms with Crippen molar-refractivity contribution in [2.75, 3.05) is 19.8 Å². The van der Waals surface area contributed by atoms with Crippen molar-refractivity contribution in [2.24, 2.45) is 0 Å². The van der Waals surface area contributed by atoms with E-state index in [0.29, 0.717) is 50.6 Å². The molecule has 0 radical (unpaired) electrons. The lowest BCUT2D eigenvalue weighted by atomic mass is 10.1. The predicted molar refractivity (Wildman–Crippen MR) is 117 cm³/mol. The van der Waals surface area contributed by atoms with Gasteiger partial charge in [-0.25, -0.2) is 4.68 Å². The Hall–Kier alpha value is -3.50. The summed E-state index contributed by atoms with van der Waals surface area (Å²) in [5.41, 5.74) is 1.23. The topological polar surface area (TPSA) is 122 Å². The zero-order valence-corrected chi connectivity index (χ0v) is 17.9. The Balaban J connectivity index is 1.56. The highest BCUT2D eigenvalue weighted by Gasteiger charge is 2.16. The van der Waals surface area contributed by atoms with Gasteiger partial charge in [-0.2, -0.15) is 0 Å². The molecule has 0 aliphatic carbocycles. The van der Waals surface area contributed by atoms with Gasteiger partial charge in [0.05, 0.1) is 19.4 Å². The molecule has 0 spiro atoms. The number of aliphatic hydroxyl groups excluding tert-OH is 1. The minimum Gasteiger partial charge on any atom is -0.494 e. The Morgan fingerprint density at radius 3 is 2.94 bits per heavy atom. The number of fused-ring (bicyclic) bond motifs is 1. The van der Waals surface area contributed by atoms with Crippen LogP contribution in [0.15, 0.2) is 51.9 Å². The summed E-state index contributed by atoms with van der Waals surface area (Å²) in [6.45, 7) is 4.37. The molecule has 0 amide bonds. The smallest absolute Gasteiger partial charge is 0.252 e. The van der Waals surface area contributed by atoms with E-state index in [1.807, 2.05) is 48.2 Å². The van der Waals surface area contributed by atoms with Gasteiger partial charge in [0.2, 0.25) is 0 Å². The summed E-state index contributed by atoms with van der Waals surface area (Å²) < 4.78 is 12.6. The molecule has 0 bridgehead atoms.